The van der Waals surface area contributed by atoms with Crippen LogP contribution in [-0.2, 0) is 4.79 Å². The molecule has 2 aromatic carbocycles. The minimum atomic E-state index is -0.389. The third-order valence-electron chi connectivity index (χ3n) is 3.99. The van der Waals surface area contributed by atoms with Crippen molar-refractivity contribution in [1.82, 2.24) is 10.3 Å². The van der Waals surface area contributed by atoms with Crippen molar-refractivity contribution in [3.8, 4) is 6.07 Å². The zero-order valence-electron chi connectivity index (χ0n) is 13.8. The molecule has 0 bridgehead atoms. The molecule has 0 unspecified atom stereocenters. The lowest BCUT2D eigenvalue weighted by atomic mass is 10.1. The van der Waals surface area contributed by atoms with Crippen molar-refractivity contribution in [2.24, 2.45) is 0 Å². The number of benzene rings is 2. The molecule has 0 aliphatic rings. The van der Waals surface area contributed by atoms with Gasteiger partial charge in [0.15, 0.2) is 0 Å². The first-order chi connectivity index (χ1) is 12.2. The number of nitrogens with one attached hydrogen (secondary N) is 1. The Morgan fingerprint density at radius 2 is 1.84 bits per heavy atom. The monoisotopic (exact) mass is 327 g/mol. The first-order valence-corrected chi connectivity index (χ1v) is 8.00. The highest BCUT2D eigenvalue weighted by Crippen LogP contribution is 2.19. The number of rotatable bonds is 4. The molecule has 0 spiro atoms. The predicted octanol–water partition coefficient (Wildman–Crippen LogP) is 4.02. The molecule has 3 aromatic rings. The van der Waals surface area contributed by atoms with Crippen LogP contribution in [-0.4, -0.2) is 10.9 Å². The van der Waals surface area contributed by atoms with Gasteiger partial charge in [-0.3, -0.25) is 9.78 Å². The topological polar surface area (TPSA) is 65.8 Å². The van der Waals surface area contributed by atoms with Crippen LogP contribution in [0.2, 0.25) is 0 Å². The molecule has 3 rings (SSSR count). The van der Waals surface area contributed by atoms with Gasteiger partial charge in [-0.05, 0) is 36.3 Å². The Morgan fingerprint density at radius 3 is 2.60 bits per heavy atom. The number of pyridine rings is 1. The van der Waals surface area contributed by atoms with Gasteiger partial charge in [-0.1, -0.05) is 48.5 Å². The SMILES string of the molecule is C[C@H](NC(=O)C(C#N)=Cc1ccnc2ccccc12)c1ccccc1. The van der Waals surface area contributed by atoms with Gasteiger partial charge in [-0.2, -0.15) is 5.26 Å². The summed E-state index contributed by atoms with van der Waals surface area (Å²) >= 11 is 0. The highest BCUT2D eigenvalue weighted by molar-refractivity contribution is 6.03. The van der Waals surface area contributed by atoms with Gasteiger partial charge in [-0.25, -0.2) is 0 Å². The number of amides is 1. The van der Waals surface area contributed by atoms with Gasteiger partial charge in [0, 0.05) is 11.6 Å². The molecule has 0 saturated heterocycles. The van der Waals surface area contributed by atoms with E-state index in [4.69, 9.17) is 0 Å². The van der Waals surface area contributed by atoms with Crippen LogP contribution in [0.15, 0.2) is 72.4 Å². The highest BCUT2D eigenvalue weighted by Gasteiger charge is 2.14. The van der Waals surface area contributed by atoms with E-state index in [1.54, 1.807) is 18.3 Å². The molecule has 1 aromatic heterocycles. The number of hydrogen-bond acceptors (Lipinski definition) is 3. The fraction of sp³-hybridized carbons (Fsp3) is 0.0952. The molecular formula is C21H17N3O. The number of para-hydroxylation sites is 1. The molecule has 122 valence electrons. The Morgan fingerprint density at radius 1 is 1.12 bits per heavy atom. The van der Waals surface area contributed by atoms with Crippen molar-refractivity contribution in [3.63, 3.8) is 0 Å². The van der Waals surface area contributed by atoms with Crippen LogP contribution in [0.25, 0.3) is 17.0 Å². The molecule has 0 aliphatic heterocycles. The number of carbonyl (C=O) groups excluding carboxylic acids is 1. The maximum atomic E-state index is 12.5. The minimum absolute atomic E-state index is 0.0686. The molecule has 1 N–H and O–H groups in total. The average Bonchev–Trinajstić information content (AvgIpc) is 2.66. The number of aromatic nitrogens is 1. The third kappa shape index (κ3) is 3.73. The second kappa shape index (κ2) is 7.41. The second-order valence-corrected chi connectivity index (χ2v) is 5.69. The van der Waals surface area contributed by atoms with E-state index in [-0.39, 0.29) is 17.5 Å². The number of nitriles is 1. The van der Waals surface area contributed by atoms with Crippen molar-refractivity contribution in [3.05, 3.63) is 83.6 Å². The average molecular weight is 327 g/mol. The lowest BCUT2D eigenvalue weighted by molar-refractivity contribution is -0.117. The summed E-state index contributed by atoms with van der Waals surface area (Å²) in [6.07, 6.45) is 3.28. The van der Waals surface area contributed by atoms with Crippen LogP contribution in [0.5, 0.6) is 0 Å². The Balaban J connectivity index is 1.87. The van der Waals surface area contributed by atoms with Crippen LogP contribution in [0.1, 0.15) is 24.1 Å². The van der Waals surface area contributed by atoms with Gasteiger partial charge < -0.3 is 5.32 Å². The van der Waals surface area contributed by atoms with Gasteiger partial charge in [0.1, 0.15) is 11.6 Å². The van der Waals surface area contributed by atoms with E-state index in [9.17, 15) is 10.1 Å². The zero-order chi connectivity index (χ0) is 17.6. The first kappa shape index (κ1) is 16.4. The zero-order valence-corrected chi connectivity index (χ0v) is 13.8. The summed E-state index contributed by atoms with van der Waals surface area (Å²) in [5.41, 5.74) is 2.68. The summed E-state index contributed by atoms with van der Waals surface area (Å²) in [5.74, 6) is -0.389. The molecule has 0 aliphatic carbocycles. The van der Waals surface area contributed by atoms with Gasteiger partial charge in [0.05, 0.1) is 11.6 Å². The molecule has 4 nitrogen and oxygen atoms in total. The van der Waals surface area contributed by atoms with Crippen molar-refractivity contribution < 1.29 is 4.79 Å². The van der Waals surface area contributed by atoms with E-state index in [1.807, 2.05) is 67.6 Å². The smallest absolute Gasteiger partial charge is 0.262 e. The second-order valence-electron chi connectivity index (χ2n) is 5.69. The summed E-state index contributed by atoms with van der Waals surface area (Å²) in [7, 11) is 0. The van der Waals surface area contributed by atoms with Crippen molar-refractivity contribution in [2.75, 3.05) is 0 Å². The largest absolute Gasteiger partial charge is 0.345 e. The molecule has 1 amide bonds. The van der Waals surface area contributed by atoms with Gasteiger partial charge >= 0.3 is 0 Å². The maximum absolute atomic E-state index is 12.5. The molecule has 4 heteroatoms. The van der Waals surface area contributed by atoms with Crippen molar-refractivity contribution in [1.29, 1.82) is 5.26 Å². The van der Waals surface area contributed by atoms with Crippen LogP contribution in [0.3, 0.4) is 0 Å². The number of hydrogen-bond donors (Lipinski definition) is 1. The molecule has 1 heterocycles. The molecule has 0 fully saturated rings. The molecule has 25 heavy (non-hydrogen) atoms. The standard InChI is InChI=1S/C21H17N3O/c1-15(16-7-3-2-4-8-16)24-21(25)18(14-22)13-17-11-12-23-20-10-6-5-9-19(17)20/h2-13,15H,1H3,(H,24,25)/t15-/m0/s1. The van der Waals surface area contributed by atoms with E-state index >= 15 is 0 Å². The molecule has 1 atom stereocenters. The van der Waals surface area contributed by atoms with E-state index < -0.39 is 0 Å². The Kier molecular flexibility index (Phi) is 4.87. The summed E-state index contributed by atoms with van der Waals surface area (Å²) in [6.45, 7) is 1.89. The summed E-state index contributed by atoms with van der Waals surface area (Å²) in [4.78, 5) is 16.8. The normalized spacial score (nSPS) is 12.4. The fourth-order valence-electron chi connectivity index (χ4n) is 2.65. The predicted molar refractivity (Wildman–Crippen MR) is 98.3 cm³/mol. The van der Waals surface area contributed by atoms with Gasteiger partial charge in [0.25, 0.3) is 5.91 Å². The fourth-order valence-corrected chi connectivity index (χ4v) is 2.65. The van der Waals surface area contributed by atoms with Crippen LogP contribution < -0.4 is 5.32 Å². The van der Waals surface area contributed by atoms with E-state index in [2.05, 4.69) is 10.3 Å². The molecule has 0 radical (unpaired) electrons. The van der Waals surface area contributed by atoms with Crippen molar-refractivity contribution in [2.45, 2.75) is 13.0 Å². The first-order valence-electron chi connectivity index (χ1n) is 8.00. The summed E-state index contributed by atoms with van der Waals surface area (Å²) < 4.78 is 0. The van der Waals surface area contributed by atoms with Crippen molar-refractivity contribution >= 4 is 22.9 Å². The lowest BCUT2D eigenvalue weighted by Crippen LogP contribution is -2.27. The van der Waals surface area contributed by atoms with E-state index in [0.29, 0.717) is 0 Å². The minimum Gasteiger partial charge on any atom is -0.345 e. The van der Waals surface area contributed by atoms with Gasteiger partial charge in [-0.15, -0.1) is 0 Å². The van der Waals surface area contributed by atoms with Gasteiger partial charge in [0.2, 0.25) is 0 Å². The third-order valence-corrected chi connectivity index (χ3v) is 3.99. The summed E-state index contributed by atoms with van der Waals surface area (Å²) in [6, 6.07) is 20.9. The van der Waals surface area contributed by atoms with E-state index in [1.165, 1.54) is 0 Å². The Labute approximate surface area is 146 Å². The summed E-state index contributed by atoms with van der Waals surface area (Å²) in [5, 5.41) is 13.2. The molecular weight excluding hydrogens is 310 g/mol. The maximum Gasteiger partial charge on any atom is 0.262 e. The molecule has 0 saturated carbocycles. The Bertz CT molecular complexity index is 966. The Hall–Kier alpha value is -3.45. The number of nitrogens with zero attached hydrogens (tertiary/aromatic N) is 2. The quantitative estimate of drug-likeness (QED) is 0.581. The van der Waals surface area contributed by atoms with Crippen LogP contribution >= 0.6 is 0 Å². The van der Waals surface area contributed by atoms with Crippen LogP contribution in [0, 0.1) is 11.3 Å². The number of fused-ring (bicyclic) bond motifs is 1. The lowest BCUT2D eigenvalue weighted by Gasteiger charge is -2.13. The highest BCUT2D eigenvalue weighted by atomic mass is 16.1. The van der Waals surface area contributed by atoms with E-state index in [0.717, 1.165) is 22.0 Å². The number of carbonyl (C=O) groups is 1. The van der Waals surface area contributed by atoms with Crippen LogP contribution in [0.4, 0.5) is 0 Å².